The highest BCUT2D eigenvalue weighted by atomic mass is 16.4. The van der Waals surface area contributed by atoms with E-state index in [2.05, 4.69) is 0 Å². The predicted octanol–water partition coefficient (Wildman–Crippen LogP) is -0.592. The van der Waals surface area contributed by atoms with Gasteiger partial charge in [0.15, 0.2) is 0 Å². The summed E-state index contributed by atoms with van der Waals surface area (Å²) in [6, 6.07) is 0.244. The molecule has 3 atom stereocenters. The second-order valence-corrected chi connectivity index (χ2v) is 4.73. The minimum Gasteiger partial charge on any atom is -0.481 e. The molecule has 0 bridgehead atoms. The van der Waals surface area contributed by atoms with Gasteiger partial charge in [0, 0.05) is 19.1 Å². The number of primary amides is 1. The van der Waals surface area contributed by atoms with E-state index < -0.39 is 12.1 Å². The van der Waals surface area contributed by atoms with Crippen LogP contribution in [0, 0.1) is 5.92 Å². The summed E-state index contributed by atoms with van der Waals surface area (Å²) in [7, 11) is 0. The van der Waals surface area contributed by atoms with Crippen molar-refractivity contribution in [2.24, 2.45) is 11.7 Å². The van der Waals surface area contributed by atoms with Crippen LogP contribution in [0.2, 0.25) is 0 Å². The fourth-order valence-corrected chi connectivity index (χ4v) is 2.20. The van der Waals surface area contributed by atoms with Crippen LogP contribution >= 0.6 is 0 Å². The normalized spacial score (nSPS) is 27.6. The molecule has 3 unspecified atom stereocenters. The number of β-amino-alcohol motifs (C(OH)–C–C–N with tert-alkyl or cyclic N) is 1. The summed E-state index contributed by atoms with van der Waals surface area (Å²) in [6.45, 7) is 2.79. The number of likely N-dealkylation sites (tertiary alicyclic amines) is 1. The number of hydrogen-bond donors (Lipinski definition) is 3. The molecule has 4 N–H and O–H groups in total. The van der Waals surface area contributed by atoms with Gasteiger partial charge in [-0.3, -0.25) is 14.5 Å². The maximum atomic E-state index is 11.1. The monoisotopic (exact) mass is 244 g/mol. The van der Waals surface area contributed by atoms with Gasteiger partial charge >= 0.3 is 5.97 Å². The van der Waals surface area contributed by atoms with Crippen LogP contribution in [0.25, 0.3) is 0 Å². The molecule has 17 heavy (non-hydrogen) atoms. The highest BCUT2D eigenvalue weighted by Crippen LogP contribution is 2.21. The molecule has 1 aliphatic heterocycles. The van der Waals surface area contributed by atoms with Gasteiger partial charge in [0.2, 0.25) is 5.91 Å². The number of carboxylic acid groups (broad SMARTS) is 1. The van der Waals surface area contributed by atoms with E-state index in [0.29, 0.717) is 6.54 Å². The standard InChI is InChI=1S/C11H20N2O4/c1-7-2-3-8(11(12)17)5-13(7)6-9(14)4-10(15)16/h7-9,14H,2-6H2,1H3,(H2,12,17)(H,15,16). The first-order valence-corrected chi connectivity index (χ1v) is 5.83. The van der Waals surface area contributed by atoms with Crippen molar-refractivity contribution in [3.05, 3.63) is 0 Å². The Hall–Kier alpha value is -1.14. The molecule has 98 valence electrons. The first kappa shape index (κ1) is 13.9. The largest absolute Gasteiger partial charge is 0.481 e. The molecule has 0 aliphatic carbocycles. The van der Waals surface area contributed by atoms with Crippen LogP contribution < -0.4 is 5.73 Å². The quantitative estimate of drug-likeness (QED) is 0.599. The van der Waals surface area contributed by atoms with Crippen molar-refractivity contribution in [2.75, 3.05) is 13.1 Å². The van der Waals surface area contributed by atoms with Gasteiger partial charge in [0.05, 0.1) is 18.4 Å². The average Bonchev–Trinajstić information content (AvgIpc) is 2.19. The molecule has 0 saturated carbocycles. The Morgan fingerprint density at radius 3 is 2.65 bits per heavy atom. The van der Waals surface area contributed by atoms with Crippen molar-refractivity contribution in [3.63, 3.8) is 0 Å². The third-order valence-electron chi connectivity index (χ3n) is 3.27. The Balaban J connectivity index is 2.49. The molecule has 1 heterocycles. The molecule has 1 rings (SSSR count). The van der Waals surface area contributed by atoms with Gasteiger partial charge in [-0.1, -0.05) is 0 Å². The topological polar surface area (TPSA) is 104 Å². The summed E-state index contributed by atoms with van der Waals surface area (Å²) in [5.41, 5.74) is 5.26. The summed E-state index contributed by atoms with van der Waals surface area (Å²) >= 11 is 0. The van der Waals surface area contributed by atoms with Crippen LogP contribution in [0.15, 0.2) is 0 Å². The molecule has 0 spiro atoms. The van der Waals surface area contributed by atoms with Crippen molar-refractivity contribution in [1.82, 2.24) is 4.90 Å². The molecular weight excluding hydrogens is 224 g/mol. The summed E-state index contributed by atoms with van der Waals surface area (Å²) in [6.07, 6.45) is 0.432. The lowest BCUT2D eigenvalue weighted by Crippen LogP contribution is -2.48. The van der Waals surface area contributed by atoms with E-state index in [9.17, 15) is 14.7 Å². The maximum absolute atomic E-state index is 11.1. The number of aliphatic carboxylic acids is 1. The van der Waals surface area contributed by atoms with Gasteiger partial charge in [-0.25, -0.2) is 0 Å². The summed E-state index contributed by atoms with van der Waals surface area (Å²) in [4.78, 5) is 23.5. The second-order valence-electron chi connectivity index (χ2n) is 4.73. The lowest BCUT2D eigenvalue weighted by Gasteiger charge is -2.37. The number of aliphatic hydroxyl groups is 1. The Kier molecular flexibility index (Phi) is 4.89. The van der Waals surface area contributed by atoms with Gasteiger partial charge in [-0.2, -0.15) is 0 Å². The second kappa shape index (κ2) is 5.97. The van der Waals surface area contributed by atoms with Crippen LogP contribution in [0.3, 0.4) is 0 Å². The molecular formula is C11H20N2O4. The van der Waals surface area contributed by atoms with E-state index >= 15 is 0 Å². The summed E-state index contributed by atoms with van der Waals surface area (Å²) < 4.78 is 0. The van der Waals surface area contributed by atoms with E-state index in [1.165, 1.54) is 0 Å². The van der Waals surface area contributed by atoms with Crippen molar-refractivity contribution in [1.29, 1.82) is 0 Å². The number of carbonyl (C=O) groups is 2. The Bertz CT molecular complexity index is 295. The molecule has 0 radical (unpaired) electrons. The van der Waals surface area contributed by atoms with Crippen LogP contribution in [0.5, 0.6) is 0 Å². The third kappa shape index (κ3) is 4.32. The zero-order chi connectivity index (χ0) is 13.0. The lowest BCUT2D eigenvalue weighted by atomic mass is 9.92. The van der Waals surface area contributed by atoms with E-state index in [0.717, 1.165) is 12.8 Å². The van der Waals surface area contributed by atoms with Crippen molar-refractivity contribution in [2.45, 2.75) is 38.3 Å². The molecule has 1 amide bonds. The summed E-state index contributed by atoms with van der Waals surface area (Å²) in [5.74, 6) is -1.54. The highest BCUT2D eigenvalue weighted by Gasteiger charge is 2.29. The molecule has 0 aromatic heterocycles. The van der Waals surface area contributed by atoms with Crippen molar-refractivity contribution in [3.8, 4) is 0 Å². The molecule has 1 aliphatic rings. The number of carbonyl (C=O) groups excluding carboxylic acids is 1. The number of piperidine rings is 1. The third-order valence-corrected chi connectivity index (χ3v) is 3.27. The number of amides is 1. The molecule has 6 nitrogen and oxygen atoms in total. The van der Waals surface area contributed by atoms with Crippen LogP contribution in [-0.4, -0.2) is 52.2 Å². The van der Waals surface area contributed by atoms with Crippen LogP contribution in [0.4, 0.5) is 0 Å². The van der Waals surface area contributed by atoms with Crippen molar-refractivity contribution >= 4 is 11.9 Å². The first-order valence-electron chi connectivity index (χ1n) is 5.83. The zero-order valence-corrected chi connectivity index (χ0v) is 10.0. The van der Waals surface area contributed by atoms with Crippen molar-refractivity contribution < 1.29 is 19.8 Å². The zero-order valence-electron chi connectivity index (χ0n) is 10.0. The molecule has 0 aromatic rings. The van der Waals surface area contributed by atoms with Gasteiger partial charge in [-0.15, -0.1) is 0 Å². The minimum absolute atomic E-state index is 0.191. The highest BCUT2D eigenvalue weighted by molar-refractivity contribution is 5.77. The molecule has 1 saturated heterocycles. The smallest absolute Gasteiger partial charge is 0.306 e. The average molecular weight is 244 g/mol. The molecule has 0 aromatic carbocycles. The number of aliphatic hydroxyl groups excluding tert-OH is 1. The van der Waals surface area contributed by atoms with Crippen LogP contribution in [-0.2, 0) is 9.59 Å². The Labute approximate surface area is 100 Å². The number of nitrogens with zero attached hydrogens (tertiary/aromatic N) is 1. The van der Waals surface area contributed by atoms with Crippen LogP contribution in [0.1, 0.15) is 26.2 Å². The van der Waals surface area contributed by atoms with Gasteiger partial charge in [0.25, 0.3) is 0 Å². The number of hydrogen-bond acceptors (Lipinski definition) is 4. The van der Waals surface area contributed by atoms with E-state index in [4.69, 9.17) is 10.8 Å². The Morgan fingerprint density at radius 2 is 2.12 bits per heavy atom. The summed E-state index contributed by atoms with van der Waals surface area (Å²) in [5, 5.41) is 18.1. The Morgan fingerprint density at radius 1 is 1.47 bits per heavy atom. The number of nitrogens with two attached hydrogens (primary N) is 1. The fraction of sp³-hybridized carbons (Fsp3) is 0.818. The molecule has 1 fully saturated rings. The maximum Gasteiger partial charge on any atom is 0.306 e. The number of rotatable bonds is 5. The van der Waals surface area contributed by atoms with Gasteiger partial charge in [0.1, 0.15) is 0 Å². The minimum atomic E-state index is -1.02. The lowest BCUT2D eigenvalue weighted by molar-refractivity contribution is -0.139. The van der Waals surface area contributed by atoms with E-state index in [1.807, 2.05) is 11.8 Å². The van der Waals surface area contributed by atoms with Gasteiger partial charge < -0.3 is 15.9 Å². The SMILES string of the molecule is CC1CCC(C(N)=O)CN1CC(O)CC(=O)O. The first-order chi connectivity index (χ1) is 7.90. The van der Waals surface area contributed by atoms with E-state index in [-0.39, 0.29) is 30.8 Å². The number of carboxylic acids is 1. The fourth-order valence-electron chi connectivity index (χ4n) is 2.20. The van der Waals surface area contributed by atoms with Gasteiger partial charge in [-0.05, 0) is 19.8 Å². The molecule has 6 heteroatoms. The predicted molar refractivity (Wildman–Crippen MR) is 61.2 cm³/mol. The van der Waals surface area contributed by atoms with E-state index in [1.54, 1.807) is 0 Å².